The minimum Gasteiger partial charge on any atom is -0.347 e. The van der Waals surface area contributed by atoms with Crippen LogP contribution in [-0.2, 0) is 4.79 Å². The van der Waals surface area contributed by atoms with Crippen molar-refractivity contribution in [2.45, 2.75) is 6.18 Å². The first kappa shape index (κ1) is 18.4. The quantitative estimate of drug-likeness (QED) is 0.748. The molecule has 22 heavy (non-hydrogen) atoms. The molecule has 0 saturated carbocycles. The van der Waals surface area contributed by atoms with Crippen LogP contribution in [0.4, 0.5) is 17.6 Å². The third-order valence-corrected chi connectivity index (χ3v) is 3.29. The Morgan fingerprint density at radius 1 is 1.23 bits per heavy atom. The van der Waals surface area contributed by atoms with Crippen molar-refractivity contribution in [2.24, 2.45) is 0 Å². The maximum absolute atomic E-state index is 13.4. The van der Waals surface area contributed by atoms with Crippen LogP contribution in [-0.4, -0.2) is 55.0 Å². The Morgan fingerprint density at radius 3 is 2.27 bits per heavy atom. The average molecular weight is 385 g/mol. The molecule has 1 aromatic carbocycles. The first-order chi connectivity index (χ1) is 10.0. The minimum absolute atomic E-state index is 0.0794. The number of nitrogens with zero attached hydrogens (tertiary/aromatic N) is 2. The summed E-state index contributed by atoms with van der Waals surface area (Å²) in [4.78, 5) is 25.1. The van der Waals surface area contributed by atoms with Gasteiger partial charge < -0.3 is 9.80 Å². The lowest BCUT2D eigenvalue weighted by molar-refractivity contribution is -0.146. The van der Waals surface area contributed by atoms with Crippen LogP contribution >= 0.6 is 15.9 Å². The smallest absolute Gasteiger partial charge is 0.347 e. The van der Waals surface area contributed by atoms with Gasteiger partial charge in [0.1, 0.15) is 18.9 Å². The zero-order valence-electron chi connectivity index (χ0n) is 11.7. The lowest BCUT2D eigenvalue weighted by Crippen LogP contribution is -2.44. The first-order valence-corrected chi connectivity index (χ1v) is 6.82. The molecule has 122 valence electrons. The number of likely N-dealkylation sites (N-methyl/N-ethyl adjacent to an activating group) is 1. The fourth-order valence-corrected chi connectivity index (χ4v) is 1.78. The van der Waals surface area contributed by atoms with Crippen LogP contribution in [0.2, 0.25) is 0 Å². The fourth-order valence-electron chi connectivity index (χ4n) is 1.53. The number of halogens is 5. The van der Waals surface area contributed by atoms with E-state index in [0.717, 1.165) is 11.0 Å². The summed E-state index contributed by atoms with van der Waals surface area (Å²) in [5, 5.41) is 0. The van der Waals surface area contributed by atoms with Crippen molar-refractivity contribution in [3.8, 4) is 0 Å². The van der Waals surface area contributed by atoms with Crippen molar-refractivity contribution < 1.29 is 27.2 Å². The number of hydrogen-bond acceptors (Lipinski definition) is 2. The van der Waals surface area contributed by atoms with E-state index in [-0.39, 0.29) is 10.0 Å². The molecule has 0 saturated heterocycles. The van der Waals surface area contributed by atoms with Crippen LogP contribution in [0.15, 0.2) is 22.7 Å². The Bertz CT molecular complexity index is 576. The fraction of sp³-hybridized carbons (Fsp3) is 0.385. The van der Waals surface area contributed by atoms with E-state index in [1.165, 1.54) is 26.2 Å². The molecule has 2 amide bonds. The van der Waals surface area contributed by atoms with E-state index in [2.05, 4.69) is 15.9 Å². The highest BCUT2D eigenvalue weighted by Gasteiger charge is 2.34. The van der Waals surface area contributed by atoms with Gasteiger partial charge in [0, 0.05) is 19.7 Å². The number of alkyl halides is 3. The summed E-state index contributed by atoms with van der Waals surface area (Å²) in [5.41, 5.74) is -0.267. The van der Waals surface area contributed by atoms with Crippen LogP contribution in [0.1, 0.15) is 10.4 Å². The number of amides is 2. The Morgan fingerprint density at radius 2 is 1.82 bits per heavy atom. The predicted molar refractivity (Wildman–Crippen MR) is 74.8 cm³/mol. The molecule has 0 aliphatic rings. The molecule has 0 spiro atoms. The molecule has 9 heteroatoms. The second-order valence-corrected chi connectivity index (χ2v) is 5.55. The first-order valence-electron chi connectivity index (χ1n) is 6.02. The molecule has 0 aliphatic carbocycles. The third kappa shape index (κ3) is 5.28. The van der Waals surface area contributed by atoms with Gasteiger partial charge in [0.25, 0.3) is 5.91 Å². The maximum Gasteiger partial charge on any atom is 0.406 e. The Labute approximate surface area is 132 Å². The summed E-state index contributed by atoms with van der Waals surface area (Å²) in [6.45, 7) is -2.34. The molecular formula is C13H13BrF4N2O2. The van der Waals surface area contributed by atoms with Gasteiger partial charge in [-0.2, -0.15) is 13.2 Å². The second-order valence-electron chi connectivity index (χ2n) is 4.69. The SMILES string of the molecule is CN(C)C(=O)CN(CC(F)(F)F)C(=O)c1ccc(Br)c(F)c1. The van der Waals surface area contributed by atoms with Crippen LogP contribution in [0.5, 0.6) is 0 Å². The Hall–Kier alpha value is -1.64. The molecule has 0 unspecified atom stereocenters. The third-order valence-electron chi connectivity index (χ3n) is 2.65. The van der Waals surface area contributed by atoms with Crippen molar-refractivity contribution in [1.29, 1.82) is 0 Å². The molecule has 4 nitrogen and oxygen atoms in total. The summed E-state index contributed by atoms with van der Waals surface area (Å²) in [6.07, 6.45) is -4.67. The number of hydrogen-bond donors (Lipinski definition) is 0. The normalized spacial score (nSPS) is 11.2. The van der Waals surface area contributed by atoms with E-state index in [4.69, 9.17) is 0 Å². The van der Waals surface area contributed by atoms with Crippen molar-refractivity contribution in [2.75, 3.05) is 27.2 Å². The van der Waals surface area contributed by atoms with Crippen molar-refractivity contribution in [1.82, 2.24) is 9.80 Å². The number of benzene rings is 1. The zero-order valence-corrected chi connectivity index (χ0v) is 13.3. The lowest BCUT2D eigenvalue weighted by atomic mass is 10.2. The van der Waals surface area contributed by atoms with Crippen LogP contribution in [0.25, 0.3) is 0 Å². The largest absolute Gasteiger partial charge is 0.406 e. The van der Waals surface area contributed by atoms with Crippen LogP contribution < -0.4 is 0 Å². The molecule has 1 aromatic rings. The second kappa shape index (κ2) is 7.08. The highest BCUT2D eigenvalue weighted by Crippen LogP contribution is 2.21. The molecule has 0 N–H and O–H groups in total. The standard InChI is InChI=1S/C13H13BrF4N2O2/c1-19(2)11(21)6-20(7-13(16,17)18)12(22)8-3-4-9(14)10(15)5-8/h3-5H,6-7H2,1-2H3. The van der Waals surface area contributed by atoms with Gasteiger partial charge in [0.05, 0.1) is 4.47 Å². The van der Waals surface area contributed by atoms with E-state index in [1.54, 1.807) is 0 Å². The summed E-state index contributed by atoms with van der Waals surface area (Å²) < 4.78 is 51.2. The Kier molecular flexibility index (Phi) is 5.92. The highest BCUT2D eigenvalue weighted by molar-refractivity contribution is 9.10. The molecule has 0 aromatic heterocycles. The van der Waals surface area contributed by atoms with Crippen molar-refractivity contribution in [3.63, 3.8) is 0 Å². The van der Waals surface area contributed by atoms with Gasteiger partial charge in [-0.25, -0.2) is 4.39 Å². The number of rotatable bonds is 4. The van der Waals surface area contributed by atoms with Gasteiger partial charge >= 0.3 is 6.18 Å². The van der Waals surface area contributed by atoms with E-state index >= 15 is 0 Å². The molecular weight excluding hydrogens is 372 g/mol. The van der Waals surface area contributed by atoms with E-state index in [1.807, 2.05) is 0 Å². The average Bonchev–Trinajstić information content (AvgIpc) is 2.38. The van der Waals surface area contributed by atoms with Crippen LogP contribution in [0.3, 0.4) is 0 Å². The molecule has 0 bridgehead atoms. The summed E-state index contributed by atoms with van der Waals surface area (Å²) in [5.74, 6) is -2.52. The van der Waals surface area contributed by atoms with Gasteiger partial charge in [0.15, 0.2) is 0 Å². The monoisotopic (exact) mass is 384 g/mol. The number of carbonyl (C=O) groups excluding carboxylic acids is 2. The lowest BCUT2D eigenvalue weighted by Gasteiger charge is -2.25. The molecule has 0 atom stereocenters. The van der Waals surface area contributed by atoms with E-state index in [0.29, 0.717) is 4.90 Å². The van der Waals surface area contributed by atoms with Crippen molar-refractivity contribution in [3.05, 3.63) is 34.1 Å². The zero-order chi connectivity index (χ0) is 17.1. The Balaban J connectivity index is 3.05. The van der Waals surface area contributed by atoms with Crippen molar-refractivity contribution >= 4 is 27.7 Å². The van der Waals surface area contributed by atoms with Gasteiger partial charge in [0.2, 0.25) is 5.91 Å². The van der Waals surface area contributed by atoms with Gasteiger partial charge in [-0.05, 0) is 34.1 Å². The maximum atomic E-state index is 13.4. The van der Waals surface area contributed by atoms with Gasteiger partial charge in [-0.3, -0.25) is 9.59 Å². The minimum atomic E-state index is -4.67. The molecule has 0 heterocycles. The van der Waals surface area contributed by atoms with E-state index < -0.39 is 36.9 Å². The molecule has 0 radical (unpaired) electrons. The highest BCUT2D eigenvalue weighted by atomic mass is 79.9. The van der Waals surface area contributed by atoms with Gasteiger partial charge in [-0.1, -0.05) is 0 Å². The van der Waals surface area contributed by atoms with E-state index in [9.17, 15) is 27.2 Å². The molecule has 0 fully saturated rings. The summed E-state index contributed by atoms with van der Waals surface area (Å²) in [6, 6.07) is 3.21. The topological polar surface area (TPSA) is 40.6 Å². The number of carbonyl (C=O) groups is 2. The predicted octanol–water partition coefficient (Wildman–Crippen LogP) is 2.68. The summed E-state index contributed by atoms with van der Waals surface area (Å²) >= 11 is 2.88. The van der Waals surface area contributed by atoms with Gasteiger partial charge in [-0.15, -0.1) is 0 Å². The molecule has 1 rings (SSSR count). The summed E-state index contributed by atoms with van der Waals surface area (Å²) in [7, 11) is 2.72. The molecule has 0 aliphatic heterocycles. The van der Waals surface area contributed by atoms with Crippen LogP contribution in [0, 0.1) is 5.82 Å².